The number of benzene rings is 2. The van der Waals surface area contributed by atoms with Crippen LogP contribution in [0.1, 0.15) is 75.3 Å². The third-order valence-corrected chi connectivity index (χ3v) is 10.6. The number of nitrogens with zero attached hydrogens (tertiary/aromatic N) is 4. The van der Waals surface area contributed by atoms with Gasteiger partial charge in [0.15, 0.2) is 0 Å². The summed E-state index contributed by atoms with van der Waals surface area (Å²) < 4.78 is 11.2. The summed E-state index contributed by atoms with van der Waals surface area (Å²) in [7, 11) is 3.96. The lowest BCUT2D eigenvalue weighted by Crippen LogP contribution is -2.46. The highest BCUT2D eigenvalue weighted by molar-refractivity contribution is 6.19. The number of hydrogen-bond donors (Lipinski definition) is 2. The van der Waals surface area contributed by atoms with Gasteiger partial charge < -0.3 is 29.9 Å². The molecule has 0 radical (unpaired) electrons. The van der Waals surface area contributed by atoms with Crippen molar-refractivity contribution in [1.29, 1.82) is 0 Å². The fourth-order valence-corrected chi connectivity index (χ4v) is 7.29. The number of carbonyl (C=O) groups excluding carboxylic acids is 3. The molecule has 0 bridgehead atoms. The first kappa shape index (κ1) is 42.0. The lowest BCUT2D eigenvalue weighted by atomic mass is 9.85. The van der Waals surface area contributed by atoms with Gasteiger partial charge in [0.05, 0.1) is 19.8 Å². The standard InChI is InChI=1S/C43H59ClN6O5/c1-48(2)37-18-11-34(12-19-37)31-39-43(53)50(40(47-39)22-13-33-9-20-38(21-10-33)49-25-6-7-26-49)32-41(51)46-36-16-14-35(15-17-36)42(52)45-24-28-55-30-29-54-27-8-4-3-5-23-44/h9-13,18-22,31,35-36H,3-8,14-17,23-30,32H2,1-2H3,(H,45,52)(H,46,51)/b22-13+,39-31-. The van der Waals surface area contributed by atoms with Crippen LogP contribution in [-0.4, -0.2) is 107 Å². The van der Waals surface area contributed by atoms with Crippen LogP contribution in [0, 0.1) is 5.92 Å². The SMILES string of the molecule is CN(C)c1ccc(/C=C2N=C(/C=C/c3ccc(N4CCCC4)cc3)N(CC(=O)NC3CCC(C(=O)NCCOCCOCCCCCCCl)CC3)C\2=O)cc1. The van der Waals surface area contributed by atoms with Gasteiger partial charge in [0.25, 0.3) is 5.91 Å². The van der Waals surface area contributed by atoms with Gasteiger partial charge in [-0.1, -0.05) is 43.2 Å². The van der Waals surface area contributed by atoms with Gasteiger partial charge in [0.2, 0.25) is 11.8 Å². The molecule has 2 aliphatic heterocycles. The van der Waals surface area contributed by atoms with Crippen molar-refractivity contribution in [2.24, 2.45) is 10.9 Å². The molecule has 5 rings (SSSR count). The van der Waals surface area contributed by atoms with E-state index in [1.807, 2.05) is 55.4 Å². The van der Waals surface area contributed by atoms with E-state index >= 15 is 0 Å². The maximum Gasteiger partial charge on any atom is 0.278 e. The Bertz CT molecular complexity index is 1610. The summed E-state index contributed by atoms with van der Waals surface area (Å²) >= 11 is 5.70. The highest BCUT2D eigenvalue weighted by atomic mass is 35.5. The van der Waals surface area contributed by atoms with E-state index in [1.165, 1.54) is 23.4 Å². The monoisotopic (exact) mass is 774 g/mol. The molecular weight excluding hydrogens is 716 g/mol. The second-order valence-corrected chi connectivity index (χ2v) is 15.1. The zero-order valence-corrected chi connectivity index (χ0v) is 33.4. The van der Waals surface area contributed by atoms with Gasteiger partial charge >= 0.3 is 0 Å². The maximum absolute atomic E-state index is 13.7. The Morgan fingerprint density at radius 2 is 1.53 bits per heavy atom. The topological polar surface area (TPSA) is 116 Å². The third-order valence-electron chi connectivity index (χ3n) is 10.3. The lowest BCUT2D eigenvalue weighted by Gasteiger charge is -2.29. The van der Waals surface area contributed by atoms with Crippen LogP contribution in [0.4, 0.5) is 11.4 Å². The number of aliphatic imine (C=N–C) groups is 1. The van der Waals surface area contributed by atoms with Crippen molar-refractivity contribution in [2.45, 2.75) is 70.3 Å². The number of hydrogen-bond acceptors (Lipinski definition) is 8. The second kappa shape index (κ2) is 22.4. The zero-order valence-electron chi connectivity index (χ0n) is 32.6. The molecule has 2 N–H and O–H groups in total. The molecule has 1 saturated heterocycles. The Hall–Kier alpha value is -4.19. The van der Waals surface area contributed by atoms with E-state index in [0.717, 1.165) is 62.2 Å². The van der Waals surface area contributed by atoms with Crippen molar-refractivity contribution in [3.8, 4) is 0 Å². The van der Waals surface area contributed by atoms with Crippen molar-refractivity contribution in [1.82, 2.24) is 15.5 Å². The van der Waals surface area contributed by atoms with Crippen LogP contribution in [-0.2, 0) is 23.9 Å². The Morgan fingerprint density at radius 1 is 0.855 bits per heavy atom. The molecular formula is C43H59ClN6O5. The first-order valence-corrected chi connectivity index (χ1v) is 20.6. The van der Waals surface area contributed by atoms with Gasteiger partial charge in [0, 0.05) is 69.6 Å². The molecule has 55 heavy (non-hydrogen) atoms. The van der Waals surface area contributed by atoms with E-state index in [4.69, 9.17) is 26.1 Å². The number of rotatable bonds is 21. The van der Waals surface area contributed by atoms with Gasteiger partial charge in [-0.2, -0.15) is 0 Å². The number of alkyl halides is 1. The van der Waals surface area contributed by atoms with Gasteiger partial charge in [-0.25, -0.2) is 4.99 Å². The molecule has 0 spiro atoms. The molecule has 1 aliphatic carbocycles. The Morgan fingerprint density at radius 3 is 2.22 bits per heavy atom. The minimum Gasteiger partial charge on any atom is -0.379 e. The quantitative estimate of drug-likeness (QED) is 0.0873. The first-order valence-electron chi connectivity index (χ1n) is 20.0. The molecule has 0 atom stereocenters. The number of amidine groups is 1. The summed E-state index contributed by atoms with van der Waals surface area (Å²) in [6, 6.07) is 16.2. The van der Waals surface area contributed by atoms with Crippen LogP contribution < -0.4 is 20.4 Å². The van der Waals surface area contributed by atoms with Crippen LogP contribution in [0.3, 0.4) is 0 Å². The first-order chi connectivity index (χ1) is 26.8. The summed E-state index contributed by atoms with van der Waals surface area (Å²) in [6.45, 7) is 4.70. The summed E-state index contributed by atoms with van der Waals surface area (Å²) in [6.07, 6.45) is 15.0. The molecule has 0 aromatic heterocycles. The van der Waals surface area contributed by atoms with Crippen LogP contribution in [0.5, 0.6) is 0 Å². The summed E-state index contributed by atoms with van der Waals surface area (Å²) in [4.78, 5) is 50.5. The van der Waals surface area contributed by atoms with Crippen LogP contribution in [0.25, 0.3) is 12.2 Å². The predicted molar refractivity (Wildman–Crippen MR) is 223 cm³/mol. The normalized spacial score (nSPS) is 19.4. The average Bonchev–Trinajstić information content (AvgIpc) is 3.83. The summed E-state index contributed by atoms with van der Waals surface area (Å²) in [5, 5.41) is 6.11. The zero-order chi connectivity index (χ0) is 38.8. The minimum absolute atomic E-state index is 0.0261. The highest BCUT2D eigenvalue weighted by Crippen LogP contribution is 2.26. The molecule has 3 aliphatic rings. The molecule has 1 saturated carbocycles. The third kappa shape index (κ3) is 13.5. The molecule has 2 fully saturated rings. The Labute approximate surface area is 332 Å². The number of ether oxygens (including phenoxy) is 2. The van der Waals surface area contributed by atoms with E-state index < -0.39 is 0 Å². The number of anilines is 2. The number of amides is 3. The van der Waals surface area contributed by atoms with E-state index in [0.29, 0.717) is 63.8 Å². The van der Waals surface area contributed by atoms with E-state index in [1.54, 1.807) is 6.08 Å². The van der Waals surface area contributed by atoms with Crippen LogP contribution in [0.2, 0.25) is 0 Å². The molecule has 298 valence electrons. The van der Waals surface area contributed by atoms with Crippen molar-refractivity contribution < 1.29 is 23.9 Å². The Kier molecular flexibility index (Phi) is 17.1. The highest BCUT2D eigenvalue weighted by Gasteiger charge is 2.32. The van der Waals surface area contributed by atoms with E-state index in [-0.39, 0.29) is 41.9 Å². The van der Waals surface area contributed by atoms with Crippen molar-refractivity contribution in [3.63, 3.8) is 0 Å². The van der Waals surface area contributed by atoms with Gasteiger partial charge in [-0.3, -0.25) is 19.3 Å². The van der Waals surface area contributed by atoms with Crippen molar-refractivity contribution in [3.05, 3.63) is 71.4 Å². The second-order valence-electron chi connectivity index (χ2n) is 14.7. The molecule has 12 heteroatoms. The molecule has 2 aromatic rings. The smallest absolute Gasteiger partial charge is 0.278 e. The van der Waals surface area contributed by atoms with Crippen molar-refractivity contribution >= 4 is 58.7 Å². The fraction of sp³-hybridized carbons (Fsp3) is 0.535. The number of carbonyl (C=O) groups is 3. The number of unbranched alkanes of at least 4 members (excludes halogenated alkanes) is 3. The van der Waals surface area contributed by atoms with Gasteiger partial charge in [-0.15, -0.1) is 11.6 Å². The number of nitrogens with one attached hydrogen (secondary N) is 2. The fourth-order valence-electron chi connectivity index (χ4n) is 7.10. The van der Waals surface area contributed by atoms with E-state index in [9.17, 15) is 14.4 Å². The van der Waals surface area contributed by atoms with E-state index in [2.05, 4.69) is 39.8 Å². The summed E-state index contributed by atoms with van der Waals surface area (Å²) in [5.74, 6) is 0.503. The largest absolute Gasteiger partial charge is 0.379 e. The lowest BCUT2D eigenvalue weighted by molar-refractivity contribution is -0.129. The van der Waals surface area contributed by atoms with Crippen LogP contribution >= 0.6 is 11.6 Å². The molecule has 2 aromatic carbocycles. The summed E-state index contributed by atoms with van der Waals surface area (Å²) in [5.41, 5.74) is 4.38. The Balaban J connectivity index is 1.08. The molecule has 11 nitrogen and oxygen atoms in total. The average molecular weight is 775 g/mol. The minimum atomic E-state index is -0.318. The van der Waals surface area contributed by atoms with Crippen molar-refractivity contribution in [2.75, 3.05) is 82.4 Å². The van der Waals surface area contributed by atoms with Gasteiger partial charge in [-0.05, 0) is 98.9 Å². The van der Waals surface area contributed by atoms with Gasteiger partial charge in [0.1, 0.15) is 18.1 Å². The molecule has 0 unspecified atom stereocenters. The molecule has 3 amide bonds. The molecule has 2 heterocycles. The predicted octanol–water partition coefficient (Wildman–Crippen LogP) is 6.27. The number of halogens is 1. The maximum atomic E-state index is 13.7. The van der Waals surface area contributed by atoms with Crippen LogP contribution in [0.15, 0.2) is 65.3 Å².